The van der Waals surface area contributed by atoms with Crippen LogP contribution in [0.4, 0.5) is 0 Å². The Hall–Kier alpha value is -0.570. The minimum absolute atomic E-state index is 0.0107. The van der Waals surface area contributed by atoms with Crippen molar-refractivity contribution in [3.8, 4) is 0 Å². The van der Waals surface area contributed by atoms with Gasteiger partial charge >= 0.3 is 5.97 Å². The van der Waals surface area contributed by atoms with E-state index in [0.29, 0.717) is 6.61 Å². The second kappa shape index (κ2) is 9.37. The van der Waals surface area contributed by atoms with E-state index in [2.05, 4.69) is 0 Å². The number of hydrogen-bond donors (Lipinski definition) is 1. The summed E-state index contributed by atoms with van der Waals surface area (Å²) in [6.07, 6.45) is 11.9. The molecule has 2 N–H and O–H groups in total. The van der Waals surface area contributed by atoms with Crippen LogP contribution in [-0.4, -0.2) is 18.6 Å². The summed E-state index contributed by atoms with van der Waals surface area (Å²) in [5.41, 5.74) is 6.19. The molecule has 0 aromatic heterocycles. The zero-order valence-electron chi connectivity index (χ0n) is 11.8. The van der Waals surface area contributed by atoms with Gasteiger partial charge < -0.3 is 10.5 Å². The molecule has 0 radical (unpaired) electrons. The predicted octanol–water partition coefficient (Wildman–Crippen LogP) is 3.41. The van der Waals surface area contributed by atoms with Crippen LogP contribution in [0.3, 0.4) is 0 Å². The van der Waals surface area contributed by atoms with Crippen LogP contribution in [0, 0.1) is 5.92 Å². The summed E-state index contributed by atoms with van der Waals surface area (Å²) in [6, 6.07) is -0.0107. The van der Waals surface area contributed by atoms with Crippen molar-refractivity contribution in [3.05, 3.63) is 0 Å². The molecule has 18 heavy (non-hydrogen) atoms. The smallest absolute Gasteiger partial charge is 0.310 e. The highest BCUT2D eigenvalue weighted by molar-refractivity contribution is 5.73. The van der Waals surface area contributed by atoms with Crippen LogP contribution in [0.25, 0.3) is 0 Å². The number of carbonyl (C=O) groups is 1. The first-order valence-corrected chi connectivity index (χ1v) is 7.68. The first-order valence-electron chi connectivity index (χ1n) is 7.68. The Labute approximate surface area is 111 Å². The van der Waals surface area contributed by atoms with Crippen molar-refractivity contribution >= 4 is 5.97 Å². The maximum atomic E-state index is 11.9. The van der Waals surface area contributed by atoms with Gasteiger partial charge in [0.05, 0.1) is 12.5 Å². The average Bonchev–Trinajstić information content (AvgIpc) is 2.34. The number of rotatable bonds is 2. The van der Waals surface area contributed by atoms with E-state index in [1.54, 1.807) is 0 Å². The fraction of sp³-hybridized carbons (Fsp3) is 0.933. The molecule has 3 nitrogen and oxygen atoms in total. The van der Waals surface area contributed by atoms with Crippen molar-refractivity contribution in [2.24, 2.45) is 11.7 Å². The molecule has 0 aliphatic heterocycles. The molecular weight excluding hydrogens is 226 g/mol. The monoisotopic (exact) mass is 255 g/mol. The third-order valence-electron chi connectivity index (χ3n) is 3.91. The first kappa shape index (κ1) is 15.5. The van der Waals surface area contributed by atoms with Gasteiger partial charge in [0.1, 0.15) is 0 Å². The van der Waals surface area contributed by atoms with Gasteiger partial charge in [-0.1, -0.05) is 51.4 Å². The van der Waals surface area contributed by atoms with Crippen molar-refractivity contribution in [2.75, 3.05) is 6.61 Å². The van der Waals surface area contributed by atoms with E-state index < -0.39 is 0 Å². The number of hydrogen-bond acceptors (Lipinski definition) is 3. The lowest BCUT2D eigenvalue weighted by Gasteiger charge is -2.22. The Morgan fingerprint density at radius 2 is 1.50 bits per heavy atom. The summed E-state index contributed by atoms with van der Waals surface area (Å²) in [4.78, 5) is 11.9. The normalized spacial score (nSPS) is 27.9. The largest absolute Gasteiger partial charge is 0.466 e. The number of nitrogens with two attached hydrogens (primary N) is 1. The highest BCUT2D eigenvalue weighted by Crippen LogP contribution is 2.21. The molecule has 1 rings (SSSR count). The molecular formula is C15H29NO2. The molecule has 106 valence electrons. The van der Waals surface area contributed by atoms with Gasteiger partial charge in [0.15, 0.2) is 0 Å². The van der Waals surface area contributed by atoms with Crippen LogP contribution >= 0.6 is 0 Å². The molecule has 2 atom stereocenters. The molecule has 1 unspecified atom stereocenters. The van der Waals surface area contributed by atoms with Gasteiger partial charge in [-0.05, 0) is 19.8 Å². The standard InChI is InChI=1S/C15H29NO2/c1-2-18-15(17)13-11-9-7-5-3-4-6-8-10-12-14(13)16/h13-14H,2-12,16H2,1H3/t13?,14-/m0/s1. The summed E-state index contributed by atoms with van der Waals surface area (Å²) in [5, 5.41) is 0. The Kier molecular flexibility index (Phi) is 8.06. The molecule has 1 aliphatic rings. The van der Waals surface area contributed by atoms with E-state index in [1.165, 1.54) is 38.5 Å². The molecule has 1 saturated carbocycles. The summed E-state index contributed by atoms with van der Waals surface area (Å²) in [5.74, 6) is -0.161. The van der Waals surface area contributed by atoms with E-state index in [4.69, 9.17) is 10.5 Å². The van der Waals surface area contributed by atoms with E-state index in [0.717, 1.165) is 25.7 Å². The molecule has 0 amide bonds. The molecule has 3 heteroatoms. The Bertz CT molecular complexity index is 231. The zero-order chi connectivity index (χ0) is 13.2. The lowest BCUT2D eigenvalue weighted by molar-refractivity contribution is -0.149. The number of esters is 1. The zero-order valence-corrected chi connectivity index (χ0v) is 11.8. The summed E-state index contributed by atoms with van der Waals surface area (Å²) in [6.45, 7) is 2.32. The summed E-state index contributed by atoms with van der Waals surface area (Å²) >= 11 is 0. The van der Waals surface area contributed by atoms with Crippen LogP contribution in [0.15, 0.2) is 0 Å². The average molecular weight is 255 g/mol. The highest BCUT2D eigenvalue weighted by Gasteiger charge is 2.26. The maximum Gasteiger partial charge on any atom is 0.310 e. The van der Waals surface area contributed by atoms with Gasteiger partial charge in [-0.15, -0.1) is 0 Å². The Balaban J connectivity index is 2.49. The van der Waals surface area contributed by atoms with Crippen LogP contribution in [-0.2, 0) is 9.53 Å². The molecule has 0 aromatic carbocycles. The molecule has 0 heterocycles. The minimum Gasteiger partial charge on any atom is -0.466 e. The second-order valence-corrected chi connectivity index (χ2v) is 5.43. The molecule has 0 spiro atoms. The molecule has 1 fully saturated rings. The number of carbonyl (C=O) groups excluding carboxylic acids is 1. The maximum absolute atomic E-state index is 11.9. The van der Waals surface area contributed by atoms with E-state index in [1.807, 2.05) is 6.92 Å². The first-order chi connectivity index (χ1) is 8.75. The number of ether oxygens (including phenoxy) is 1. The second-order valence-electron chi connectivity index (χ2n) is 5.43. The lowest BCUT2D eigenvalue weighted by atomic mass is 9.89. The molecule has 0 saturated heterocycles. The van der Waals surface area contributed by atoms with Crippen LogP contribution in [0.5, 0.6) is 0 Å². The van der Waals surface area contributed by atoms with Gasteiger partial charge in [0.25, 0.3) is 0 Å². The SMILES string of the molecule is CCOC(=O)C1CCCCCCCCCC[C@@H]1N. The van der Waals surface area contributed by atoms with Gasteiger partial charge in [-0.25, -0.2) is 0 Å². The van der Waals surface area contributed by atoms with E-state index in [9.17, 15) is 4.79 Å². The molecule has 1 aliphatic carbocycles. The van der Waals surface area contributed by atoms with Crippen molar-refractivity contribution in [1.29, 1.82) is 0 Å². The van der Waals surface area contributed by atoms with Gasteiger partial charge in [-0.2, -0.15) is 0 Å². The van der Waals surface area contributed by atoms with Gasteiger partial charge in [-0.3, -0.25) is 4.79 Å². The van der Waals surface area contributed by atoms with E-state index in [-0.39, 0.29) is 17.9 Å². The quantitative estimate of drug-likeness (QED) is 0.769. The van der Waals surface area contributed by atoms with Crippen LogP contribution in [0.2, 0.25) is 0 Å². The molecule has 0 aromatic rings. The van der Waals surface area contributed by atoms with Crippen LogP contribution in [0.1, 0.15) is 71.1 Å². The van der Waals surface area contributed by atoms with Crippen molar-refractivity contribution in [3.63, 3.8) is 0 Å². The van der Waals surface area contributed by atoms with Crippen molar-refractivity contribution < 1.29 is 9.53 Å². The fourth-order valence-electron chi connectivity index (χ4n) is 2.76. The third-order valence-corrected chi connectivity index (χ3v) is 3.91. The Morgan fingerprint density at radius 1 is 1.00 bits per heavy atom. The fourth-order valence-corrected chi connectivity index (χ4v) is 2.76. The van der Waals surface area contributed by atoms with Gasteiger partial charge in [0, 0.05) is 6.04 Å². The van der Waals surface area contributed by atoms with Crippen molar-refractivity contribution in [2.45, 2.75) is 77.2 Å². The summed E-state index contributed by atoms with van der Waals surface area (Å²) < 4.78 is 5.16. The van der Waals surface area contributed by atoms with Gasteiger partial charge in [0.2, 0.25) is 0 Å². The highest BCUT2D eigenvalue weighted by atomic mass is 16.5. The predicted molar refractivity (Wildman–Crippen MR) is 74.3 cm³/mol. The Morgan fingerprint density at radius 3 is 2.06 bits per heavy atom. The van der Waals surface area contributed by atoms with E-state index >= 15 is 0 Å². The van der Waals surface area contributed by atoms with Crippen molar-refractivity contribution in [1.82, 2.24) is 0 Å². The lowest BCUT2D eigenvalue weighted by Crippen LogP contribution is -2.36. The molecule has 0 bridgehead atoms. The summed E-state index contributed by atoms with van der Waals surface area (Å²) in [7, 11) is 0. The minimum atomic E-state index is -0.0814. The third kappa shape index (κ3) is 5.85. The topological polar surface area (TPSA) is 52.3 Å². The van der Waals surface area contributed by atoms with Crippen LogP contribution < -0.4 is 5.73 Å².